The van der Waals surface area contributed by atoms with E-state index in [2.05, 4.69) is 9.82 Å². The maximum atomic E-state index is 12.2. The van der Waals surface area contributed by atoms with E-state index in [0.717, 1.165) is 16.7 Å². The van der Waals surface area contributed by atoms with Crippen LogP contribution in [0, 0.1) is 6.92 Å². The van der Waals surface area contributed by atoms with E-state index >= 15 is 0 Å². The molecule has 1 aromatic heterocycles. The number of aryl methyl sites for hydroxylation is 2. The van der Waals surface area contributed by atoms with Crippen molar-refractivity contribution in [3.63, 3.8) is 0 Å². The van der Waals surface area contributed by atoms with Crippen molar-refractivity contribution in [2.24, 2.45) is 12.8 Å². The molecule has 0 saturated heterocycles. The van der Waals surface area contributed by atoms with E-state index in [1.165, 1.54) is 0 Å². The molecule has 0 bridgehead atoms. The highest BCUT2D eigenvalue weighted by atomic mass is 32.2. The van der Waals surface area contributed by atoms with Crippen LogP contribution in [-0.4, -0.2) is 18.2 Å². The predicted molar refractivity (Wildman–Crippen MR) is 76.3 cm³/mol. The lowest BCUT2D eigenvalue weighted by molar-refractivity contribution is 0.581. The topological polar surface area (TPSA) is 90.0 Å². The summed E-state index contributed by atoms with van der Waals surface area (Å²) in [5, 5.41) is 3.99. The standard InChI is InChI=1S/C13H18N4O2S/c1-10-5-13(4-3-12(10)6-14)20(18,19)16-8-11-7-15-17(2)9-11/h3-5,7,9,16H,6,8,14H2,1-2H3. The van der Waals surface area contributed by atoms with Crippen molar-refractivity contribution in [2.75, 3.05) is 0 Å². The maximum absolute atomic E-state index is 12.2. The van der Waals surface area contributed by atoms with Gasteiger partial charge in [-0.15, -0.1) is 0 Å². The number of aromatic nitrogens is 2. The normalized spacial score (nSPS) is 11.8. The van der Waals surface area contributed by atoms with Crippen molar-refractivity contribution < 1.29 is 8.42 Å². The Morgan fingerprint density at radius 1 is 1.40 bits per heavy atom. The lowest BCUT2D eigenvalue weighted by atomic mass is 10.1. The minimum Gasteiger partial charge on any atom is -0.326 e. The van der Waals surface area contributed by atoms with Gasteiger partial charge in [-0.25, -0.2) is 13.1 Å². The molecular weight excluding hydrogens is 276 g/mol. The second-order valence-electron chi connectivity index (χ2n) is 4.64. The van der Waals surface area contributed by atoms with Crippen LogP contribution in [0.3, 0.4) is 0 Å². The Hall–Kier alpha value is -1.70. The van der Waals surface area contributed by atoms with E-state index in [1.807, 2.05) is 6.92 Å². The third kappa shape index (κ3) is 3.24. The van der Waals surface area contributed by atoms with Gasteiger partial charge in [-0.05, 0) is 30.2 Å². The largest absolute Gasteiger partial charge is 0.326 e. The molecule has 0 unspecified atom stereocenters. The fourth-order valence-corrected chi connectivity index (χ4v) is 2.99. The summed E-state index contributed by atoms with van der Waals surface area (Å²) in [6, 6.07) is 4.95. The number of benzene rings is 1. The summed E-state index contributed by atoms with van der Waals surface area (Å²) in [4.78, 5) is 0.246. The summed E-state index contributed by atoms with van der Waals surface area (Å²) in [5.41, 5.74) is 8.20. The van der Waals surface area contributed by atoms with Gasteiger partial charge in [0, 0.05) is 31.9 Å². The highest BCUT2D eigenvalue weighted by Crippen LogP contribution is 2.15. The average molecular weight is 294 g/mol. The molecule has 2 rings (SSSR count). The van der Waals surface area contributed by atoms with Crippen LogP contribution in [0.5, 0.6) is 0 Å². The molecule has 6 nitrogen and oxygen atoms in total. The van der Waals surface area contributed by atoms with Gasteiger partial charge < -0.3 is 5.73 Å². The maximum Gasteiger partial charge on any atom is 0.240 e. The van der Waals surface area contributed by atoms with Gasteiger partial charge in [0.05, 0.1) is 11.1 Å². The van der Waals surface area contributed by atoms with E-state index in [-0.39, 0.29) is 11.4 Å². The number of hydrogen-bond acceptors (Lipinski definition) is 4. The van der Waals surface area contributed by atoms with Crippen molar-refractivity contribution in [1.82, 2.24) is 14.5 Å². The van der Waals surface area contributed by atoms with Crippen LogP contribution in [0.1, 0.15) is 16.7 Å². The summed E-state index contributed by atoms with van der Waals surface area (Å²) in [7, 11) is -1.74. The Kier molecular flexibility index (Phi) is 4.22. The first-order valence-electron chi connectivity index (χ1n) is 6.19. The van der Waals surface area contributed by atoms with Crippen molar-refractivity contribution >= 4 is 10.0 Å². The van der Waals surface area contributed by atoms with Gasteiger partial charge >= 0.3 is 0 Å². The third-order valence-corrected chi connectivity index (χ3v) is 4.47. The van der Waals surface area contributed by atoms with Crippen LogP contribution in [0.2, 0.25) is 0 Å². The molecule has 1 aromatic carbocycles. The molecule has 0 aliphatic carbocycles. The lowest BCUT2D eigenvalue weighted by Crippen LogP contribution is -2.23. The molecular formula is C13H18N4O2S. The number of rotatable bonds is 5. The van der Waals surface area contributed by atoms with Gasteiger partial charge in [0.2, 0.25) is 10.0 Å². The van der Waals surface area contributed by atoms with Crippen LogP contribution in [0.25, 0.3) is 0 Å². The summed E-state index contributed by atoms with van der Waals surface area (Å²) < 4.78 is 28.6. The molecule has 0 amide bonds. The second-order valence-corrected chi connectivity index (χ2v) is 6.41. The first kappa shape index (κ1) is 14.7. The molecule has 0 radical (unpaired) electrons. The Morgan fingerprint density at radius 3 is 2.70 bits per heavy atom. The summed E-state index contributed by atoms with van der Waals surface area (Å²) in [6.45, 7) is 2.46. The molecule has 2 aromatic rings. The van der Waals surface area contributed by atoms with E-state index in [0.29, 0.717) is 6.54 Å². The van der Waals surface area contributed by atoms with Crippen molar-refractivity contribution in [3.05, 3.63) is 47.3 Å². The Balaban J connectivity index is 2.15. The zero-order chi connectivity index (χ0) is 14.8. The van der Waals surface area contributed by atoms with Crippen molar-refractivity contribution in [3.8, 4) is 0 Å². The van der Waals surface area contributed by atoms with E-state index in [4.69, 9.17) is 5.73 Å². The molecule has 3 N–H and O–H groups in total. The minimum absolute atomic E-state index is 0.216. The number of sulfonamides is 1. The molecule has 0 spiro atoms. The summed E-state index contributed by atoms with van der Waals surface area (Å²) in [5.74, 6) is 0. The molecule has 108 valence electrons. The first-order valence-corrected chi connectivity index (χ1v) is 7.67. The van der Waals surface area contributed by atoms with Crippen molar-refractivity contribution in [2.45, 2.75) is 24.9 Å². The van der Waals surface area contributed by atoms with Gasteiger partial charge in [0.25, 0.3) is 0 Å². The number of nitrogens with two attached hydrogens (primary N) is 1. The van der Waals surface area contributed by atoms with Crippen LogP contribution in [-0.2, 0) is 30.2 Å². The van der Waals surface area contributed by atoms with Crippen LogP contribution in [0.4, 0.5) is 0 Å². The second kappa shape index (κ2) is 5.74. The molecule has 0 fully saturated rings. The number of hydrogen-bond donors (Lipinski definition) is 2. The molecule has 0 aliphatic rings. The van der Waals surface area contributed by atoms with E-state index in [9.17, 15) is 8.42 Å². The minimum atomic E-state index is -3.52. The third-order valence-electron chi connectivity index (χ3n) is 3.07. The van der Waals surface area contributed by atoms with Crippen molar-refractivity contribution in [1.29, 1.82) is 0 Å². The van der Waals surface area contributed by atoms with Crippen LogP contribution < -0.4 is 10.5 Å². The Morgan fingerprint density at radius 2 is 2.15 bits per heavy atom. The Bertz CT molecular complexity index is 707. The van der Waals surface area contributed by atoms with E-state index < -0.39 is 10.0 Å². The molecule has 0 aliphatic heterocycles. The molecule has 20 heavy (non-hydrogen) atoms. The van der Waals surface area contributed by atoms with Gasteiger partial charge in [-0.3, -0.25) is 4.68 Å². The zero-order valence-electron chi connectivity index (χ0n) is 11.5. The number of nitrogens with zero attached hydrogens (tertiary/aromatic N) is 2. The summed E-state index contributed by atoms with van der Waals surface area (Å²) >= 11 is 0. The van der Waals surface area contributed by atoms with Gasteiger partial charge in [0.15, 0.2) is 0 Å². The zero-order valence-corrected chi connectivity index (χ0v) is 12.3. The highest BCUT2D eigenvalue weighted by Gasteiger charge is 2.15. The molecule has 7 heteroatoms. The monoisotopic (exact) mass is 294 g/mol. The predicted octanol–water partition coefficient (Wildman–Crippen LogP) is 0.666. The molecule has 0 saturated carbocycles. The fourth-order valence-electron chi connectivity index (χ4n) is 1.89. The SMILES string of the molecule is Cc1cc(S(=O)(=O)NCc2cnn(C)c2)ccc1CN. The van der Waals surface area contributed by atoms with Gasteiger partial charge in [0.1, 0.15) is 0 Å². The van der Waals surface area contributed by atoms with E-state index in [1.54, 1.807) is 42.3 Å². The quantitative estimate of drug-likeness (QED) is 0.848. The highest BCUT2D eigenvalue weighted by molar-refractivity contribution is 7.89. The number of nitrogens with one attached hydrogen (secondary N) is 1. The van der Waals surface area contributed by atoms with Crippen LogP contribution >= 0.6 is 0 Å². The lowest BCUT2D eigenvalue weighted by Gasteiger charge is -2.08. The molecule has 0 atom stereocenters. The van der Waals surface area contributed by atoms with Crippen LogP contribution in [0.15, 0.2) is 35.5 Å². The molecule has 1 heterocycles. The summed E-state index contributed by atoms with van der Waals surface area (Å²) in [6.07, 6.45) is 3.40. The fraction of sp³-hybridized carbons (Fsp3) is 0.308. The smallest absolute Gasteiger partial charge is 0.240 e. The Labute approximate surface area is 118 Å². The van der Waals surface area contributed by atoms with Gasteiger partial charge in [-0.2, -0.15) is 5.10 Å². The average Bonchev–Trinajstić information content (AvgIpc) is 2.82. The first-order chi connectivity index (χ1) is 9.42. The van der Waals surface area contributed by atoms with Gasteiger partial charge in [-0.1, -0.05) is 6.07 Å².